The third-order valence-electron chi connectivity index (χ3n) is 2.92. The average molecular weight is 235 g/mol. The van der Waals surface area contributed by atoms with Crippen molar-refractivity contribution in [2.24, 2.45) is 5.92 Å². The number of aromatic carboxylic acids is 1. The molecular weight excluding hydrogens is 218 g/mol. The minimum absolute atomic E-state index is 0.0175. The van der Waals surface area contributed by atoms with Crippen molar-refractivity contribution < 1.29 is 9.90 Å². The molecule has 92 valence electrons. The van der Waals surface area contributed by atoms with Gasteiger partial charge in [-0.2, -0.15) is 0 Å². The Morgan fingerprint density at radius 2 is 2.29 bits per heavy atom. The van der Waals surface area contributed by atoms with Gasteiger partial charge in [0.2, 0.25) is 0 Å². The molecule has 0 atom stereocenters. The second-order valence-corrected chi connectivity index (χ2v) is 4.45. The van der Waals surface area contributed by atoms with Crippen molar-refractivity contribution in [1.29, 1.82) is 0 Å². The van der Waals surface area contributed by atoms with Gasteiger partial charge in [-0.1, -0.05) is 12.8 Å². The fourth-order valence-corrected chi connectivity index (χ4v) is 1.73. The van der Waals surface area contributed by atoms with Crippen LogP contribution in [0.15, 0.2) is 12.1 Å². The lowest BCUT2D eigenvalue weighted by Crippen LogP contribution is -2.09. The molecule has 1 aliphatic carbocycles. The van der Waals surface area contributed by atoms with Crippen LogP contribution in [0.2, 0.25) is 0 Å². The first-order valence-corrected chi connectivity index (χ1v) is 5.90. The maximum Gasteiger partial charge on any atom is 0.354 e. The van der Waals surface area contributed by atoms with Crippen molar-refractivity contribution in [2.75, 3.05) is 17.6 Å². The van der Waals surface area contributed by atoms with Gasteiger partial charge in [0, 0.05) is 6.54 Å². The first-order chi connectivity index (χ1) is 8.16. The normalized spacial score (nSPS) is 14.6. The number of pyridine rings is 1. The van der Waals surface area contributed by atoms with Gasteiger partial charge < -0.3 is 16.2 Å². The number of nitrogens with two attached hydrogens (primary N) is 1. The summed E-state index contributed by atoms with van der Waals surface area (Å²) < 4.78 is 0. The van der Waals surface area contributed by atoms with Gasteiger partial charge in [0.05, 0.1) is 5.69 Å². The van der Waals surface area contributed by atoms with Gasteiger partial charge in [-0.05, 0) is 30.9 Å². The predicted octanol–water partition coefficient (Wildman–Crippen LogP) is 1.96. The first-order valence-electron chi connectivity index (χ1n) is 5.90. The number of nitrogens with one attached hydrogen (secondary N) is 1. The van der Waals surface area contributed by atoms with E-state index in [1.807, 2.05) is 0 Å². The van der Waals surface area contributed by atoms with Crippen LogP contribution in [0.1, 0.15) is 36.2 Å². The Balaban J connectivity index is 1.88. The maximum absolute atomic E-state index is 10.8. The molecule has 1 aromatic rings. The van der Waals surface area contributed by atoms with Gasteiger partial charge in [0.15, 0.2) is 5.69 Å². The molecule has 0 saturated heterocycles. The van der Waals surface area contributed by atoms with E-state index in [1.165, 1.54) is 25.3 Å². The molecule has 5 nitrogen and oxygen atoms in total. The Morgan fingerprint density at radius 1 is 1.53 bits per heavy atom. The lowest BCUT2D eigenvalue weighted by Gasteiger charge is -2.08. The predicted molar refractivity (Wildman–Crippen MR) is 66.1 cm³/mol. The largest absolute Gasteiger partial charge is 0.477 e. The van der Waals surface area contributed by atoms with Crippen LogP contribution in [0, 0.1) is 5.92 Å². The lowest BCUT2D eigenvalue weighted by molar-refractivity contribution is 0.0690. The van der Waals surface area contributed by atoms with E-state index in [1.54, 1.807) is 6.07 Å². The second-order valence-electron chi connectivity index (χ2n) is 4.45. The van der Waals surface area contributed by atoms with E-state index < -0.39 is 5.97 Å². The molecule has 17 heavy (non-hydrogen) atoms. The summed E-state index contributed by atoms with van der Waals surface area (Å²) in [5.41, 5.74) is 6.23. The van der Waals surface area contributed by atoms with Gasteiger partial charge in [-0.3, -0.25) is 0 Å². The highest BCUT2D eigenvalue weighted by Gasteiger charge is 2.20. The standard InChI is InChI=1S/C12H17N3O2/c13-9-5-6-10(12(16)17)15-11(9)14-7-1-2-8-3-4-8/h5-6,8H,1-4,7,13H2,(H,14,15)(H,16,17). The van der Waals surface area contributed by atoms with E-state index in [2.05, 4.69) is 10.3 Å². The Bertz CT molecular complexity index is 416. The monoisotopic (exact) mass is 235 g/mol. The molecule has 1 fully saturated rings. The second kappa shape index (κ2) is 5.03. The van der Waals surface area contributed by atoms with E-state index in [0.717, 1.165) is 18.9 Å². The fraction of sp³-hybridized carbons (Fsp3) is 0.500. The Kier molecular flexibility index (Phi) is 3.46. The van der Waals surface area contributed by atoms with Crippen molar-refractivity contribution in [2.45, 2.75) is 25.7 Å². The molecule has 5 heteroatoms. The number of hydrogen-bond acceptors (Lipinski definition) is 4. The topological polar surface area (TPSA) is 88.2 Å². The van der Waals surface area contributed by atoms with E-state index in [-0.39, 0.29) is 5.69 Å². The average Bonchev–Trinajstić information content (AvgIpc) is 3.10. The minimum Gasteiger partial charge on any atom is -0.477 e. The van der Waals surface area contributed by atoms with Gasteiger partial charge >= 0.3 is 5.97 Å². The third-order valence-corrected chi connectivity index (χ3v) is 2.92. The van der Waals surface area contributed by atoms with Crippen LogP contribution in [-0.2, 0) is 0 Å². The molecule has 0 spiro atoms. The van der Waals surface area contributed by atoms with E-state index in [4.69, 9.17) is 10.8 Å². The molecule has 1 saturated carbocycles. The Morgan fingerprint density at radius 3 is 2.94 bits per heavy atom. The number of nitrogens with zero attached hydrogens (tertiary/aromatic N) is 1. The van der Waals surface area contributed by atoms with Gasteiger partial charge in [-0.15, -0.1) is 0 Å². The molecule has 1 heterocycles. The van der Waals surface area contributed by atoms with Crippen LogP contribution in [0.4, 0.5) is 11.5 Å². The molecule has 1 aromatic heterocycles. The summed E-state index contributed by atoms with van der Waals surface area (Å²) in [6.45, 7) is 0.788. The zero-order valence-corrected chi connectivity index (χ0v) is 9.65. The molecule has 0 aromatic carbocycles. The molecular formula is C12H17N3O2. The van der Waals surface area contributed by atoms with Crippen LogP contribution >= 0.6 is 0 Å². The minimum atomic E-state index is -1.04. The molecule has 0 unspecified atom stereocenters. The summed E-state index contributed by atoms with van der Waals surface area (Å²) in [4.78, 5) is 14.7. The van der Waals surface area contributed by atoms with Crippen molar-refractivity contribution in [3.8, 4) is 0 Å². The molecule has 0 aliphatic heterocycles. The third kappa shape index (κ3) is 3.34. The summed E-state index contributed by atoms with van der Waals surface area (Å²) in [5.74, 6) is 0.346. The highest BCUT2D eigenvalue weighted by atomic mass is 16.4. The highest BCUT2D eigenvalue weighted by Crippen LogP contribution is 2.33. The number of carbonyl (C=O) groups is 1. The zero-order chi connectivity index (χ0) is 12.3. The number of hydrogen-bond donors (Lipinski definition) is 3. The summed E-state index contributed by atoms with van der Waals surface area (Å²) in [6.07, 6.45) is 5.01. The quantitative estimate of drug-likeness (QED) is 0.656. The molecule has 2 rings (SSSR count). The number of aromatic nitrogens is 1. The molecule has 0 amide bonds. The molecule has 4 N–H and O–H groups in total. The molecule has 0 bridgehead atoms. The van der Waals surface area contributed by atoms with Gasteiger partial charge in [0.1, 0.15) is 5.82 Å². The molecule has 1 aliphatic rings. The highest BCUT2D eigenvalue weighted by molar-refractivity contribution is 5.86. The summed E-state index contributed by atoms with van der Waals surface area (Å²) >= 11 is 0. The summed E-state index contributed by atoms with van der Waals surface area (Å²) in [6, 6.07) is 2.98. The number of carboxylic acid groups (broad SMARTS) is 1. The summed E-state index contributed by atoms with van der Waals surface area (Å²) in [5, 5.41) is 11.9. The number of anilines is 2. The fourth-order valence-electron chi connectivity index (χ4n) is 1.73. The van der Waals surface area contributed by atoms with Gasteiger partial charge in [0.25, 0.3) is 0 Å². The Labute approximate surface area is 100 Å². The zero-order valence-electron chi connectivity index (χ0n) is 9.65. The van der Waals surface area contributed by atoms with E-state index in [0.29, 0.717) is 11.5 Å². The Hall–Kier alpha value is -1.78. The summed E-state index contributed by atoms with van der Waals surface area (Å²) in [7, 11) is 0. The van der Waals surface area contributed by atoms with Crippen molar-refractivity contribution >= 4 is 17.5 Å². The molecule has 0 radical (unpaired) electrons. The van der Waals surface area contributed by atoms with E-state index in [9.17, 15) is 4.79 Å². The van der Waals surface area contributed by atoms with E-state index >= 15 is 0 Å². The first kappa shape index (κ1) is 11.7. The maximum atomic E-state index is 10.8. The SMILES string of the molecule is Nc1ccc(C(=O)O)nc1NCCCC1CC1. The smallest absolute Gasteiger partial charge is 0.354 e. The van der Waals surface area contributed by atoms with Crippen LogP contribution < -0.4 is 11.1 Å². The van der Waals surface area contributed by atoms with Crippen LogP contribution in [0.3, 0.4) is 0 Å². The van der Waals surface area contributed by atoms with Gasteiger partial charge in [-0.25, -0.2) is 9.78 Å². The van der Waals surface area contributed by atoms with Crippen molar-refractivity contribution in [1.82, 2.24) is 4.98 Å². The number of carboxylic acids is 1. The van der Waals surface area contributed by atoms with Crippen LogP contribution in [-0.4, -0.2) is 22.6 Å². The van der Waals surface area contributed by atoms with Crippen LogP contribution in [0.5, 0.6) is 0 Å². The lowest BCUT2D eigenvalue weighted by atomic mass is 10.2. The van der Waals surface area contributed by atoms with Crippen LogP contribution in [0.25, 0.3) is 0 Å². The number of rotatable bonds is 6. The van der Waals surface area contributed by atoms with Crippen molar-refractivity contribution in [3.05, 3.63) is 17.8 Å². The van der Waals surface area contributed by atoms with Crippen molar-refractivity contribution in [3.63, 3.8) is 0 Å². The number of nitrogen functional groups attached to an aromatic ring is 1.